The lowest BCUT2D eigenvalue weighted by Crippen LogP contribution is -2.38. The van der Waals surface area contributed by atoms with Crippen LogP contribution < -0.4 is 5.32 Å². The summed E-state index contributed by atoms with van der Waals surface area (Å²) >= 11 is 3.35. The van der Waals surface area contributed by atoms with Crippen molar-refractivity contribution in [3.05, 3.63) is 88.7 Å². The largest absolute Gasteiger partial charge is 0.342 e. The van der Waals surface area contributed by atoms with Gasteiger partial charge in [0.05, 0.1) is 15.9 Å². The molecule has 1 saturated heterocycles. The third-order valence-electron chi connectivity index (χ3n) is 6.10. The highest BCUT2D eigenvalue weighted by atomic mass is 79.9. The van der Waals surface area contributed by atoms with Crippen LogP contribution in [0.25, 0.3) is 11.0 Å². The Labute approximate surface area is 206 Å². The molecule has 34 heavy (non-hydrogen) atoms. The van der Waals surface area contributed by atoms with Crippen molar-refractivity contribution in [1.82, 2.24) is 14.3 Å². The van der Waals surface area contributed by atoms with Crippen LogP contribution in [0.4, 0.5) is 5.69 Å². The van der Waals surface area contributed by atoms with E-state index in [0.717, 1.165) is 21.3 Å². The number of hydrogen-bond acceptors (Lipinski definition) is 4. The Morgan fingerprint density at radius 2 is 1.65 bits per heavy atom. The van der Waals surface area contributed by atoms with Crippen LogP contribution in [-0.2, 0) is 10.0 Å². The molecule has 174 valence electrons. The molecule has 0 atom stereocenters. The van der Waals surface area contributed by atoms with Gasteiger partial charge in [-0.1, -0.05) is 28.1 Å². The Morgan fingerprint density at radius 3 is 2.32 bits per heavy atom. The lowest BCUT2D eigenvalue weighted by atomic mass is 9.97. The van der Waals surface area contributed by atoms with Crippen LogP contribution in [0.5, 0.6) is 0 Å². The quantitative estimate of drug-likeness (QED) is 0.367. The first-order valence-corrected chi connectivity index (χ1v) is 13.3. The maximum absolute atomic E-state index is 13.2. The summed E-state index contributed by atoms with van der Waals surface area (Å²) in [5.74, 6) is 0.870. The molecule has 1 aromatic heterocycles. The van der Waals surface area contributed by atoms with E-state index < -0.39 is 10.0 Å². The maximum Gasteiger partial charge on any atom is 0.255 e. The first kappa shape index (κ1) is 22.8. The summed E-state index contributed by atoms with van der Waals surface area (Å²) in [6, 6.07) is 21.2. The van der Waals surface area contributed by atoms with Gasteiger partial charge >= 0.3 is 0 Å². The summed E-state index contributed by atoms with van der Waals surface area (Å²) < 4.78 is 28.8. The standard InChI is InChI=1S/C25H23BrN4O3S/c26-19-7-5-18(6-8-19)25(31)27-20-9-11-21(12-10-20)34(32,33)30-15-13-17(14-16-30)24-28-22-3-1-2-4-23(22)29-24/h1-12,17H,13-16H2,(H,27,31)(H,28,29). The monoisotopic (exact) mass is 538 g/mol. The van der Waals surface area contributed by atoms with Gasteiger partial charge in [0.2, 0.25) is 10.0 Å². The van der Waals surface area contributed by atoms with E-state index in [1.807, 2.05) is 24.3 Å². The van der Waals surface area contributed by atoms with Crippen molar-refractivity contribution >= 4 is 48.6 Å². The number of nitrogens with one attached hydrogen (secondary N) is 2. The van der Waals surface area contributed by atoms with Crippen molar-refractivity contribution in [3.63, 3.8) is 0 Å². The molecule has 1 fully saturated rings. The lowest BCUT2D eigenvalue weighted by molar-refractivity contribution is 0.102. The van der Waals surface area contributed by atoms with Gasteiger partial charge in [0.25, 0.3) is 5.91 Å². The minimum Gasteiger partial charge on any atom is -0.342 e. The number of H-pyrrole nitrogens is 1. The molecule has 0 aliphatic carbocycles. The molecule has 1 aliphatic heterocycles. The Bertz CT molecular complexity index is 1390. The van der Waals surface area contributed by atoms with Crippen molar-refractivity contribution in [2.75, 3.05) is 18.4 Å². The molecule has 2 N–H and O–H groups in total. The molecule has 0 saturated carbocycles. The molecule has 0 bridgehead atoms. The Morgan fingerprint density at radius 1 is 0.971 bits per heavy atom. The first-order chi connectivity index (χ1) is 16.4. The molecule has 0 radical (unpaired) electrons. The van der Waals surface area contributed by atoms with Gasteiger partial charge in [0.1, 0.15) is 5.82 Å². The summed E-state index contributed by atoms with van der Waals surface area (Å²) in [5, 5.41) is 2.80. The zero-order chi connectivity index (χ0) is 23.7. The third kappa shape index (κ3) is 4.64. The van der Waals surface area contributed by atoms with Gasteiger partial charge < -0.3 is 10.3 Å². The molecule has 2 heterocycles. The van der Waals surface area contributed by atoms with E-state index in [1.165, 1.54) is 16.4 Å². The number of rotatable bonds is 5. The Kier molecular flexibility index (Phi) is 6.24. The number of benzene rings is 3. The number of piperidine rings is 1. The van der Waals surface area contributed by atoms with Crippen LogP contribution in [0.15, 0.2) is 82.2 Å². The summed E-state index contributed by atoms with van der Waals surface area (Å²) in [7, 11) is -3.61. The first-order valence-electron chi connectivity index (χ1n) is 11.0. The van der Waals surface area contributed by atoms with Gasteiger partial charge in [-0.3, -0.25) is 4.79 Å². The smallest absolute Gasteiger partial charge is 0.255 e. The van der Waals surface area contributed by atoms with Gasteiger partial charge in [-0.05, 0) is 73.5 Å². The van der Waals surface area contributed by atoms with Crippen molar-refractivity contribution in [2.24, 2.45) is 0 Å². The Hall–Kier alpha value is -3.01. The van der Waals surface area contributed by atoms with Crippen LogP contribution in [-0.4, -0.2) is 41.7 Å². The molecule has 7 nitrogen and oxygen atoms in total. The average Bonchev–Trinajstić information content (AvgIpc) is 3.29. The number of imidazole rings is 1. The number of sulfonamides is 1. The van der Waals surface area contributed by atoms with E-state index in [4.69, 9.17) is 0 Å². The zero-order valence-electron chi connectivity index (χ0n) is 18.2. The number of hydrogen-bond donors (Lipinski definition) is 2. The number of aromatic nitrogens is 2. The highest BCUT2D eigenvalue weighted by Crippen LogP contribution is 2.30. The van der Waals surface area contributed by atoms with E-state index in [1.54, 1.807) is 36.4 Å². The molecule has 0 spiro atoms. The molecule has 5 rings (SSSR count). The average molecular weight is 539 g/mol. The molecule has 1 aliphatic rings. The molecule has 1 amide bonds. The fourth-order valence-corrected chi connectivity index (χ4v) is 5.93. The minimum atomic E-state index is -3.61. The van der Waals surface area contributed by atoms with Gasteiger partial charge in [-0.2, -0.15) is 4.31 Å². The van der Waals surface area contributed by atoms with Crippen molar-refractivity contribution in [3.8, 4) is 0 Å². The van der Waals surface area contributed by atoms with Crippen molar-refractivity contribution in [2.45, 2.75) is 23.7 Å². The molecule has 9 heteroatoms. The highest BCUT2D eigenvalue weighted by molar-refractivity contribution is 9.10. The zero-order valence-corrected chi connectivity index (χ0v) is 20.6. The molecule has 3 aromatic carbocycles. The van der Waals surface area contributed by atoms with Gasteiger partial charge in [0.15, 0.2) is 0 Å². The second-order valence-corrected chi connectivity index (χ2v) is 11.2. The molecule has 0 unspecified atom stereocenters. The van der Waals surface area contributed by atoms with Crippen LogP contribution in [0, 0.1) is 0 Å². The molecular weight excluding hydrogens is 516 g/mol. The van der Waals surface area contributed by atoms with Crippen LogP contribution in [0.1, 0.15) is 34.9 Å². The molecule has 4 aromatic rings. The summed E-state index contributed by atoms with van der Waals surface area (Å²) in [5.41, 5.74) is 2.99. The van der Waals surface area contributed by atoms with E-state index in [2.05, 4.69) is 31.2 Å². The van der Waals surface area contributed by atoms with E-state index in [9.17, 15) is 13.2 Å². The number of fused-ring (bicyclic) bond motifs is 1. The number of carbonyl (C=O) groups excluding carboxylic acids is 1. The predicted octanol–water partition coefficient (Wildman–Crippen LogP) is 5.15. The number of nitrogens with zero attached hydrogens (tertiary/aromatic N) is 2. The second kappa shape index (κ2) is 9.32. The van der Waals surface area contributed by atoms with Gasteiger partial charge in [-0.15, -0.1) is 0 Å². The van der Waals surface area contributed by atoms with Crippen molar-refractivity contribution < 1.29 is 13.2 Å². The third-order valence-corrected chi connectivity index (χ3v) is 8.55. The minimum absolute atomic E-state index is 0.204. The van der Waals surface area contributed by atoms with Crippen LogP contribution in [0.2, 0.25) is 0 Å². The number of para-hydroxylation sites is 2. The molecular formula is C25H23BrN4O3S. The second-order valence-electron chi connectivity index (χ2n) is 8.30. The van der Waals surface area contributed by atoms with E-state index in [0.29, 0.717) is 37.2 Å². The number of amides is 1. The van der Waals surface area contributed by atoms with Crippen LogP contribution in [0.3, 0.4) is 0 Å². The topological polar surface area (TPSA) is 95.2 Å². The number of anilines is 1. The van der Waals surface area contributed by atoms with E-state index >= 15 is 0 Å². The lowest BCUT2D eigenvalue weighted by Gasteiger charge is -2.30. The summed E-state index contributed by atoms with van der Waals surface area (Å²) in [6.07, 6.45) is 1.42. The number of aromatic amines is 1. The summed E-state index contributed by atoms with van der Waals surface area (Å²) in [4.78, 5) is 20.7. The SMILES string of the molecule is O=C(Nc1ccc(S(=O)(=O)N2CCC(c3nc4ccccc4[nH]3)CC2)cc1)c1ccc(Br)cc1. The number of halogens is 1. The Balaban J connectivity index is 1.23. The van der Waals surface area contributed by atoms with E-state index in [-0.39, 0.29) is 16.7 Å². The van der Waals surface area contributed by atoms with Gasteiger partial charge in [-0.25, -0.2) is 13.4 Å². The number of carbonyl (C=O) groups is 1. The predicted molar refractivity (Wildman–Crippen MR) is 135 cm³/mol. The normalized spacial score (nSPS) is 15.4. The fourth-order valence-electron chi connectivity index (χ4n) is 4.20. The summed E-state index contributed by atoms with van der Waals surface area (Å²) in [6.45, 7) is 0.873. The van der Waals surface area contributed by atoms with Gasteiger partial charge in [0, 0.05) is 34.7 Å². The highest BCUT2D eigenvalue weighted by Gasteiger charge is 2.31. The van der Waals surface area contributed by atoms with Crippen molar-refractivity contribution in [1.29, 1.82) is 0 Å². The fraction of sp³-hybridized carbons (Fsp3) is 0.200. The maximum atomic E-state index is 13.2. The van der Waals surface area contributed by atoms with Crippen LogP contribution >= 0.6 is 15.9 Å².